The summed E-state index contributed by atoms with van der Waals surface area (Å²) in [5.74, 6) is -2.29. The van der Waals surface area contributed by atoms with E-state index in [1.54, 1.807) is 24.3 Å². The van der Waals surface area contributed by atoms with Crippen LogP contribution in [0.5, 0.6) is 0 Å². The molecule has 0 aromatic heterocycles. The molecule has 0 spiro atoms. The van der Waals surface area contributed by atoms with Crippen molar-refractivity contribution in [2.24, 2.45) is 0 Å². The first-order chi connectivity index (χ1) is 7.61. The van der Waals surface area contributed by atoms with Gasteiger partial charge in [-0.2, -0.15) is 8.78 Å². The summed E-state index contributed by atoms with van der Waals surface area (Å²) in [6.07, 6.45) is -0.645. The van der Waals surface area contributed by atoms with Crippen molar-refractivity contribution < 1.29 is 13.9 Å². The van der Waals surface area contributed by atoms with Gasteiger partial charge in [0.05, 0.1) is 12.0 Å². The van der Waals surface area contributed by atoms with E-state index in [1.807, 2.05) is 0 Å². The summed E-state index contributed by atoms with van der Waals surface area (Å²) in [4.78, 5) is 0.486. The Kier molecular flexibility index (Phi) is 5.87. The Morgan fingerprint density at radius 1 is 1.44 bits per heavy atom. The summed E-state index contributed by atoms with van der Waals surface area (Å²) in [6, 6.07) is 6.65. The molecule has 1 aromatic rings. The summed E-state index contributed by atoms with van der Waals surface area (Å²) >= 11 is 5.92. The highest BCUT2D eigenvalue weighted by Crippen LogP contribution is 2.27. The number of alkyl halides is 3. The van der Waals surface area contributed by atoms with Gasteiger partial charge in [-0.05, 0) is 18.2 Å². The van der Waals surface area contributed by atoms with E-state index >= 15 is 0 Å². The second kappa shape index (κ2) is 6.93. The third-order valence-corrected chi connectivity index (χ3v) is 2.84. The lowest BCUT2D eigenvalue weighted by Gasteiger charge is -2.10. The number of hydrogen-bond donors (Lipinski definition) is 2. The molecule has 0 aliphatic rings. The van der Waals surface area contributed by atoms with E-state index < -0.39 is 11.9 Å². The summed E-state index contributed by atoms with van der Waals surface area (Å²) in [5, 5.41) is 12.1. The first-order valence-corrected chi connectivity index (χ1v) is 6.06. The van der Waals surface area contributed by atoms with Crippen LogP contribution in [0.2, 0.25) is 0 Å². The third kappa shape index (κ3) is 5.01. The standard InChI is InChI=1S/C10H12ClF2NOS/c11-5-8(15)6-14-7-2-1-3-9(4-7)16-10(12)13/h1-4,8,10,14-15H,5-6H2. The Bertz CT molecular complexity index is 327. The third-order valence-electron chi connectivity index (χ3n) is 1.78. The van der Waals surface area contributed by atoms with Gasteiger partial charge in [-0.15, -0.1) is 11.6 Å². The van der Waals surface area contributed by atoms with Crippen LogP contribution in [-0.4, -0.2) is 29.4 Å². The maximum atomic E-state index is 12.1. The van der Waals surface area contributed by atoms with Crippen LogP contribution in [0.1, 0.15) is 0 Å². The van der Waals surface area contributed by atoms with Crippen molar-refractivity contribution in [2.75, 3.05) is 17.7 Å². The summed E-state index contributed by atoms with van der Waals surface area (Å²) in [7, 11) is 0. The largest absolute Gasteiger partial charge is 0.390 e. The van der Waals surface area contributed by atoms with Gasteiger partial charge in [0.25, 0.3) is 5.76 Å². The number of aliphatic hydroxyl groups is 1. The van der Waals surface area contributed by atoms with Crippen molar-refractivity contribution in [1.29, 1.82) is 0 Å². The Morgan fingerprint density at radius 3 is 2.81 bits per heavy atom. The van der Waals surface area contributed by atoms with Crippen LogP contribution >= 0.6 is 23.4 Å². The molecule has 1 rings (SSSR count). The topological polar surface area (TPSA) is 32.3 Å². The Morgan fingerprint density at radius 2 is 2.19 bits per heavy atom. The molecule has 90 valence electrons. The summed E-state index contributed by atoms with van der Waals surface area (Å²) < 4.78 is 24.2. The fraction of sp³-hybridized carbons (Fsp3) is 0.400. The number of anilines is 1. The molecule has 16 heavy (non-hydrogen) atoms. The molecule has 0 bridgehead atoms. The van der Waals surface area contributed by atoms with Gasteiger partial charge in [-0.1, -0.05) is 17.8 Å². The molecule has 0 saturated heterocycles. The molecule has 0 radical (unpaired) electrons. The molecule has 0 amide bonds. The lowest BCUT2D eigenvalue weighted by Crippen LogP contribution is -2.20. The summed E-state index contributed by atoms with van der Waals surface area (Å²) in [5.41, 5.74) is 0.690. The molecule has 6 heteroatoms. The number of aliphatic hydroxyl groups excluding tert-OH is 1. The zero-order valence-electron chi connectivity index (χ0n) is 8.37. The number of halogens is 3. The number of nitrogens with one attached hydrogen (secondary N) is 1. The van der Waals surface area contributed by atoms with Crippen LogP contribution < -0.4 is 5.32 Å². The lowest BCUT2D eigenvalue weighted by molar-refractivity contribution is 0.211. The molecule has 1 atom stereocenters. The lowest BCUT2D eigenvalue weighted by atomic mass is 10.3. The highest BCUT2D eigenvalue weighted by Gasteiger charge is 2.06. The SMILES string of the molecule is OC(CCl)CNc1cccc(SC(F)F)c1. The molecular formula is C10H12ClF2NOS. The first-order valence-electron chi connectivity index (χ1n) is 4.64. The molecule has 2 nitrogen and oxygen atoms in total. The number of rotatable bonds is 6. The molecule has 0 aliphatic heterocycles. The molecule has 0 fully saturated rings. The highest BCUT2D eigenvalue weighted by atomic mass is 35.5. The van der Waals surface area contributed by atoms with E-state index in [0.717, 1.165) is 0 Å². The van der Waals surface area contributed by atoms with E-state index in [1.165, 1.54) is 0 Å². The molecule has 2 N–H and O–H groups in total. The van der Waals surface area contributed by atoms with Crippen LogP contribution in [0.25, 0.3) is 0 Å². The molecule has 0 heterocycles. The first kappa shape index (κ1) is 13.5. The van der Waals surface area contributed by atoms with Gasteiger partial charge in [0, 0.05) is 17.1 Å². The van der Waals surface area contributed by atoms with Gasteiger partial charge in [0.15, 0.2) is 0 Å². The van der Waals surface area contributed by atoms with Crippen LogP contribution in [0, 0.1) is 0 Å². The van der Waals surface area contributed by atoms with E-state index in [-0.39, 0.29) is 5.88 Å². The molecule has 1 unspecified atom stereocenters. The van der Waals surface area contributed by atoms with Crippen LogP contribution in [0.15, 0.2) is 29.2 Å². The number of thioether (sulfide) groups is 1. The average molecular weight is 268 g/mol. The Labute approximate surface area is 102 Å². The zero-order chi connectivity index (χ0) is 12.0. The van der Waals surface area contributed by atoms with Gasteiger partial charge in [0.1, 0.15) is 0 Å². The second-order valence-corrected chi connectivity index (χ2v) is 4.47. The van der Waals surface area contributed by atoms with Gasteiger partial charge in [0.2, 0.25) is 0 Å². The second-order valence-electron chi connectivity index (χ2n) is 3.10. The van der Waals surface area contributed by atoms with Crippen molar-refractivity contribution >= 4 is 29.1 Å². The minimum absolute atomic E-state index is 0.137. The highest BCUT2D eigenvalue weighted by molar-refractivity contribution is 7.99. The van der Waals surface area contributed by atoms with Gasteiger partial charge in [-0.3, -0.25) is 0 Å². The average Bonchev–Trinajstić information content (AvgIpc) is 2.25. The van der Waals surface area contributed by atoms with Gasteiger partial charge >= 0.3 is 0 Å². The van der Waals surface area contributed by atoms with Gasteiger partial charge in [-0.25, -0.2) is 0 Å². The Balaban J connectivity index is 2.53. The smallest absolute Gasteiger partial charge is 0.288 e. The van der Waals surface area contributed by atoms with Gasteiger partial charge < -0.3 is 10.4 Å². The van der Waals surface area contributed by atoms with E-state index in [4.69, 9.17) is 11.6 Å². The van der Waals surface area contributed by atoms with Crippen LogP contribution in [0.4, 0.5) is 14.5 Å². The minimum atomic E-state index is -2.43. The predicted octanol–water partition coefficient (Wildman–Crippen LogP) is 3.01. The monoisotopic (exact) mass is 267 g/mol. The number of hydrogen-bond acceptors (Lipinski definition) is 3. The predicted molar refractivity (Wildman–Crippen MR) is 63.5 cm³/mol. The summed E-state index contributed by atoms with van der Waals surface area (Å²) in [6.45, 7) is 0.298. The van der Waals surface area contributed by atoms with E-state index in [0.29, 0.717) is 28.9 Å². The zero-order valence-corrected chi connectivity index (χ0v) is 9.94. The van der Waals surface area contributed by atoms with Crippen LogP contribution in [0.3, 0.4) is 0 Å². The maximum Gasteiger partial charge on any atom is 0.288 e. The quantitative estimate of drug-likeness (QED) is 0.614. The Hall–Kier alpha value is -0.520. The molecule has 0 saturated carbocycles. The van der Waals surface area contributed by atoms with Crippen molar-refractivity contribution in [1.82, 2.24) is 0 Å². The van der Waals surface area contributed by atoms with Crippen molar-refractivity contribution in [3.63, 3.8) is 0 Å². The van der Waals surface area contributed by atoms with Crippen molar-refractivity contribution in [3.05, 3.63) is 24.3 Å². The van der Waals surface area contributed by atoms with Crippen LogP contribution in [-0.2, 0) is 0 Å². The van der Waals surface area contributed by atoms with E-state index in [2.05, 4.69) is 5.32 Å². The molecular weight excluding hydrogens is 256 g/mol. The minimum Gasteiger partial charge on any atom is -0.390 e. The van der Waals surface area contributed by atoms with Crippen molar-refractivity contribution in [2.45, 2.75) is 16.8 Å². The fourth-order valence-electron chi connectivity index (χ4n) is 1.07. The van der Waals surface area contributed by atoms with Crippen molar-refractivity contribution in [3.8, 4) is 0 Å². The normalized spacial score (nSPS) is 12.8. The number of benzene rings is 1. The maximum absolute atomic E-state index is 12.1. The van der Waals surface area contributed by atoms with E-state index in [9.17, 15) is 13.9 Å². The molecule has 1 aromatic carbocycles. The fourth-order valence-corrected chi connectivity index (χ4v) is 1.74. The molecule has 0 aliphatic carbocycles.